The molecule has 2 heteroatoms. The van der Waals surface area contributed by atoms with Gasteiger partial charge in [0, 0.05) is 19.1 Å². The predicted molar refractivity (Wildman–Crippen MR) is 58.4 cm³/mol. The van der Waals surface area contributed by atoms with Gasteiger partial charge in [0.15, 0.2) is 0 Å². The summed E-state index contributed by atoms with van der Waals surface area (Å²) in [5, 5.41) is 0. The summed E-state index contributed by atoms with van der Waals surface area (Å²) in [6, 6.07) is 0.679. The van der Waals surface area contributed by atoms with Crippen molar-refractivity contribution in [2.24, 2.45) is 5.92 Å². The van der Waals surface area contributed by atoms with Gasteiger partial charge in [0.1, 0.15) is 0 Å². The lowest BCUT2D eigenvalue weighted by Crippen LogP contribution is -2.35. The van der Waals surface area contributed by atoms with E-state index in [1.54, 1.807) is 0 Å². The average molecular weight is 197 g/mol. The maximum Gasteiger partial charge on any atom is 0.0824 e. The molecule has 0 radical (unpaired) electrons. The lowest BCUT2D eigenvalue weighted by atomic mass is 9.92. The minimum Gasteiger partial charge on any atom is -0.373 e. The highest BCUT2D eigenvalue weighted by Gasteiger charge is 2.45. The summed E-state index contributed by atoms with van der Waals surface area (Å²) in [6.45, 7) is 10.2. The molecule has 0 amide bonds. The van der Waals surface area contributed by atoms with Gasteiger partial charge in [0.25, 0.3) is 0 Å². The van der Waals surface area contributed by atoms with Gasteiger partial charge in [-0.15, -0.1) is 0 Å². The Morgan fingerprint density at radius 2 is 2.29 bits per heavy atom. The molecule has 2 aliphatic heterocycles. The number of hydrogen-bond donors (Lipinski definition) is 0. The molecule has 2 heterocycles. The van der Waals surface area contributed by atoms with Crippen molar-refractivity contribution in [3.8, 4) is 0 Å². The largest absolute Gasteiger partial charge is 0.373 e. The number of rotatable bonds is 2. The van der Waals surface area contributed by atoms with Gasteiger partial charge in [-0.2, -0.15) is 0 Å². The van der Waals surface area contributed by atoms with Crippen LogP contribution in [-0.4, -0.2) is 36.2 Å². The summed E-state index contributed by atoms with van der Waals surface area (Å²) in [5.74, 6) is 0.821. The zero-order valence-corrected chi connectivity index (χ0v) is 9.75. The van der Waals surface area contributed by atoms with Crippen molar-refractivity contribution >= 4 is 0 Å². The third kappa shape index (κ3) is 1.82. The summed E-state index contributed by atoms with van der Waals surface area (Å²) in [5.41, 5.74) is 0.241. The number of nitrogens with zero attached hydrogens (tertiary/aromatic N) is 1. The topological polar surface area (TPSA) is 12.5 Å². The fourth-order valence-corrected chi connectivity index (χ4v) is 2.80. The smallest absolute Gasteiger partial charge is 0.0824 e. The van der Waals surface area contributed by atoms with Gasteiger partial charge >= 0.3 is 0 Å². The lowest BCUT2D eigenvalue weighted by Gasteiger charge is -2.25. The number of hydrogen-bond acceptors (Lipinski definition) is 2. The van der Waals surface area contributed by atoms with E-state index in [-0.39, 0.29) is 5.60 Å². The average Bonchev–Trinajstić information content (AvgIpc) is 2.74. The fourth-order valence-electron chi connectivity index (χ4n) is 2.80. The molecule has 0 saturated carbocycles. The first-order valence-corrected chi connectivity index (χ1v) is 6.03. The Kier molecular flexibility index (Phi) is 2.85. The number of ether oxygens (including phenoxy) is 1. The molecular formula is C12H23NO. The third-order valence-corrected chi connectivity index (χ3v) is 3.94. The van der Waals surface area contributed by atoms with Crippen LogP contribution in [0.5, 0.6) is 0 Å². The van der Waals surface area contributed by atoms with E-state index in [4.69, 9.17) is 4.74 Å². The molecule has 0 N–H and O–H groups in total. The molecule has 0 aromatic carbocycles. The quantitative estimate of drug-likeness (QED) is 0.673. The highest BCUT2D eigenvalue weighted by Crippen LogP contribution is 2.39. The zero-order chi connectivity index (χ0) is 10.2. The van der Waals surface area contributed by atoms with Gasteiger partial charge < -0.3 is 4.74 Å². The van der Waals surface area contributed by atoms with Gasteiger partial charge in [-0.1, -0.05) is 13.3 Å². The van der Waals surface area contributed by atoms with Gasteiger partial charge in [-0.25, -0.2) is 0 Å². The van der Waals surface area contributed by atoms with Crippen molar-refractivity contribution < 1.29 is 4.74 Å². The Labute approximate surface area is 87.6 Å². The highest BCUT2D eigenvalue weighted by atomic mass is 16.5. The molecule has 1 spiro atoms. The first-order valence-electron chi connectivity index (χ1n) is 6.03. The molecule has 0 aliphatic carbocycles. The van der Waals surface area contributed by atoms with Crippen LogP contribution >= 0.6 is 0 Å². The van der Waals surface area contributed by atoms with Crippen molar-refractivity contribution in [3.05, 3.63) is 0 Å². The first kappa shape index (κ1) is 10.4. The second-order valence-electron chi connectivity index (χ2n) is 5.29. The van der Waals surface area contributed by atoms with Gasteiger partial charge in [0.05, 0.1) is 12.2 Å². The van der Waals surface area contributed by atoms with Crippen LogP contribution in [0.4, 0.5) is 0 Å². The third-order valence-electron chi connectivity index (χ3n) is 3.94. The summed E-state index contributed by atoms with van der Waals surface area (Å²) in [7, 11) is 0. The Morgan fingerprint density at radius 1 is 1.50 bits per heavy atom. The first-order chi connectivity index (χ1) is 6.65. The molecule has 2 saturated heterocycles. The molecule has 2 fully saturated rings. The minimum atomic E-state index is 0.241. The Bertz CT molecular complexity index is 204. The molecule has 2 rings (SSSR count). The zero-order valence-electron chi connectivity index (χ0n) is 9.75. The molecule has 0 aromatic rings. The van der Waals surface area contributed by atoms with Crippen LogP contribution in [0.15, 0.2) is 0 Å². The van der Waals surface area contributed by atoms with E-state index < -0.39 is 0 Å². The molecule has 2 atom stereocenters. The van der Waals surface area contributed by atoms with Crippen LogP contribution in [0, 0.1) is 5.92 Å². The molecule has 14 heavy (non-hydrogen) atoms. The van der Waals surface area contributed by atoms with Crippen LogP contribution in [0.1, 0.15) is 40.0 Å². The van der Waals surface area contributed by atoms with E-state index in [1.165, 1.54) is 32.4 Å². The van der Waals surface area contributed by atoms with E-state index in [0.29, 0.717) is 6.04 Å². The Hall–Kier alpha value is -0.0800. The normalized spacial score (nSPS) is 39.0. The van der Waals surface area contributed by atoms with E-state index in [0.717, 1.165) is 12.5 Å². The van der Waals surface area contributed by atoms with E-state index in [2.05, 4.69) is 25.7 Å². The molecule has 2 nitrogen and oxygen atoms in total. The Morgan fingerprint density at radius 3 is 2.79 bits per heavy atom. The maximum absolute atomic E-state index is 6.04. The van der Waals surface area contributed by atoms with Crippen LogP contribution in [0.3, 0.4) is 0 Å². The van der Waals surface area contributed by atoms with E-state index in [9.17, 15) is 0 Å². The molecule has 2 aliphatic rings. The molecule has 82 valence electrons. The second-order valence-corrected chi connectivity index (χ2v) is 5.29. The van der Waals surface area contributed by atoms with E-state index >= 15 is 0 Å². The summed E-state index contributed by atoms with van der Waals surface area (Å²) >= 11 is 0. The number of likely N-dealkylation sites (tertiary alicyclic amines) is 1. The summed E-state index contributed by atoms with van der Waals surface area (Å²) in [6.07, 6.45) is 3.83. The predicted octanol–water partition coefficient (Wildman–Crippen LogP) is 2.29. The molecule has 2 unspecified atom stereocenters. The lowest BCUT2D eigenvalue weighted by molar-refractivity contribution is 0.00934. The van der Waals surface area contributed by atoms with Gasteiger partial charge in [0.2, 0.25) is 0 Å². The van der Waals surface area contributed by atoms with Crippen molar-refractivity contribution in [1.82, 2.24) is 4.90 Å². The molecule has 0 bridgehead atoms. The van der Waals surface area contributed by atoms with Crippen molar-refractivity contribution in [2.45, 2.75) is 51.7 Å². The van der Waals surface area contributed by atoms with Crippen molar-refractivity contribution in [3.63, 3.8) is 0 Å². The Balaban J connectivity index is 1.94. The van der Waals surface area contributed by atoms with Crippen LogP contribution in [0.25, 0.3) is 0 Å². The summed E-state index contributed by atoms with van der Waals surface area (Å²) < 4.78 is 6.04. The highest BCUT2D eigenvalue weighted by molar-refractivity contribution is 4.97. The van der Waals surface area contributed by atoms with Crippen molar-refractivity contribution in [2.75, 3.05) is 19.7 Å². The summed E-state index contributed by atoms with van der Waals surface area (Å²) in [4.78, 5) is 2.55. The van der Waals surface area contributed by atoms with Crippen LogP contribution in [-0.2, 0) is 4.74 Å². The van der Waals surface area contributed by atoms with Gasteiger partial charge in [-0.05, 0) is 32.6 Å². The SMILES string of the molecule is CCC1COC2(CCN(C(C)C)C2)C1. The molecular weight excluding hydrogens is 174 g/mol. The van der Waals surface area contributed by atoms with Crippen LogP contribution in [0.2, 0.25) is 0 Å². The maximum atomic E-state index is 6.04. The minimum absolute atomic E-state index is 0.241. The fraction of sp³-hybridized carbons (Fsp3) is 1.00. The standard InChI is InChI=1S/C12H23NO/c1-4-11-7-12(14-8-11)5-6-13(9-12)10(2)3/h10-11H,4-9H2,1-3H3. The van der Waals surface area contributed by atoms with Crippen LogP contribution < -0.4 is 0 Å². The monoisotopic (exact) mass is 197 g/mol. The second kappa shape index (κ2) is 3.82. The van der Waals surface area contributed by atoms with E-state index in [1.807, 2.05) is 0 Å². The molecule has 0 aromatic heterocycles. The van der Waals surface area contributed by atoms with Gasteiger partial charge in [-0.3, -0.25) is 4.90 Å². The van der Waals surface area contributed by atoms with Crippen molar-refractivity contribution in [1.29, 1.82) is 0 Å².